The molecule has 0 aromatic heterocycles. The lowest BCUT2D eigenvalue weighted by Crippen LogP contribution is -2.11. The highest BCUT2D eigenvalue weighted by molar-refractivity contribution is 9.10. The molecule has 8 heteroatoms. The largest absolute Gasteiger partial charge is 0.423 e. The van der Waals surface area contributed by atoms with E-state index in [2.05, 4.69) is 15.9 Å². The van der Waals surface area contributed by atoms with E-state index < -0.39 is 28.8 Å². The Morgan fingerprint density at radius 1 is 1.47 bits per heavy atom. The molecule has 17 heavy (non-hydrogen) atoms. The zero-order chi connectivity index (χ0) is 13.2. The Morgan fingerprint density at radius 2 is 2.06 bits per heavy atom. The molecule has 4 nitrogen and oxygen atoms in total. The maximum absolute atomic E-state index is 12.6. The van der Waals surface area contributed by atoms with Crippen LogP contribution in [-0.2, 0) is 12.6 Å². The summed E-state index contributed by atoms with van der Waals surface area (Å²) in [5.74, 6) is 0. The Hall–Kier alpha value is -1.62. The van der Waals surface area contributed by atoms with Crippen LogP contribution in [0.5, 0.6) is 0 Å². The Labute approximate surface area is 102 Å². The van der Waals surface area contributed by atoms with Crippen LogP contribution in [0, 0.1) is 21.4 Å². The molecule has 0 spiro atoms. The third kappa shape index (κ3) is 2.94. The zero-order valence-corrected chi connectivity index (χ0v) is 9.67. The summed E-state index contributed by atoms with van der Waals surface area (Å²) in [7, 11) is 0. The van der Waals surface area contributed by atoms with Gasteiger partial charge in [0.2, 0.25) is 0 Å². The minimum Gasteiger partial charge on any atom is -0.258 e. The quantitative estimate of drug-likeness (QED) is 0.621. The van der Waals surface area contributed by atoms with Gasteiger partial charge in [-0.1, -0.05) is 15.9 Å². The first-order valence-corrected chi connectivity index (χ1v) is 4.97. The number of nitro benzene ring substituents is 1. The van der Waals surface area contributed by atoms with Crippen molar-refractivity contribution < 1.29 is 18.1 Å². The lowest BCUT2D eigenvalue weighted by molar-refractivity contribution is -0.388. The summed E-state index contributed by atoms with van der Waals surface area (Å²) in [4.78, 5) is 9.53. The van der Waals surface area contributed by atoms with Crippen LogP contribution in [0.2, 0.25) is 0 Å². The lowest BCUT2D eigenvalue weighted by Gasteiger charge is -2.10. The first kappa shape index (κ1) is 13.4. The van der Waals surface area contributed by atoms with E-state index in [0.29, 0.717) is 6.07 Å². The molecule has 1 aromatic carbocycles. The molecule has 0 saturated carbocycles. The first-order chi connectivity index (χ1) is 7.77. The summed E-state index contributed by atoms with van der Waals surface area (Å²) in [5.41, 5.74) is -2.69. The Balaban J connectivity index is 3.59. The molecular weight excluding hydrogens is 305 g/mol. The van der Waals surface area contributed by atoms with Gasteiger partial charge in [-0.05, 0) is 12.1 Å². The fourth-order valence-corrected chi connectivity index (χ4v) is 1.81. The highest BCUT2D eigenvalue weighted by Gasteiger charge is 2.40. The molecule has 0 amide bonds. The van der Waals surface area contributed by atoms with Crippen LogP contribution in [0.3, 0.4) is 0 Å². The van der Waals surface area contributed by atoms with Crippen molar-refractivity contribution in [1.29, 1.82) is 5.26 Å². The van der Waals surface area contributed by atoms with Crippen LogP contribution in [0.25, 0.3) is 0 Å². The third-order valence-corrected chi connectivity index (χ3v) is 2.37. The summed E-state index contributed by atoms with van der Waals surface area (Å²) in [6.07, 6.45) is -5.30. The summed E-state index contributed by atoms with van der Waals surface area (Å²) in [6.45, 7) is 0. The average molecular weight is 309 g/mol. The number of nitriles is 1. The number of rotatable bonds is 2. The molecule has 0 aliphatic carbocycles. The molecule has 0 aliphatic heterocycles. The van der Waals surface area contributed by atoms with Crippen LogP contribution in [0.4, 0.5) is 18.9 Å². The van der Waals surface area contributed by atoms with Gasteiger partial charge in [-0.3, -0.25) is 10.1 Å². The van der Waals surface area contributed by atoms with Crippen LogP contribution in [-0.4, -0.2) is 4.92 Å². The van der Waals surface area contributed by atoms with Crippen molar-refractivity contribution in [2.75, 3.05) is 0 Å². The monoisotopic (exact) mass is 308 g/mol. The fraction of sp³-hybridized carbons (Fsp3) is 0.222. The van der Waals surface area contributed by atoms with E-state index in [1.165, 1.54) is 0 Å². The average Bonchev–Trinajstić information content (AvgIpc) is 2.15. The number of benzene rings is 1. The molecule has 0 radical (unpaired) electrons. The predicted molar refractivity (Wildman–Crippen MR) is 55.1 cm³/mol. The number of hydrogen-bond acceptors (Lipinski definition) is 3. The second kappa shape index (κ2) is 4.71. The van der Waals surface area contributed by atoms with Gasteiger partial charge in [0.15, 0.2) is 0 Å². The van der Waals surface area contributed by atoms with E-state index in [4.69, 9.17) is 5.26 Å². The van der Waals surface area contributed by atoms with Gasteiger partial charge in [0.25, 0.3) is 5.69 Å². The molecule has 0 bridgehead atoms. The lowest BCUT2D eigenvalue weighted by atomic mass is 10.0. The minimum absolute atomic E-state index is 0.0423. The molecule has 0 saturated heterocycles. The molecular formula is C9H4BrF3N2O2. The van der Waals surface area contributed by atoms with Crippen LogP contribution < -0.4 is 0 Å². The van der Waals surface area contributed by atoms with E-state index in [0.717, 1.165) is 6.07 Å². The topological polar surface area (TPSA) is 66.9 Å². The second-order valence-electron chi connectivity index (χ2n) is 3.05. The summed E-state index contributed by atoms with van der Waals surface area (Å²) in [5, 5.41) is 19.1. The Morgan fingerprint density at radius 3 is 2.47 bits per heavy atom. The van der Waals surface area contributed by atoms with E-state index in [1.54, 1.807) is 6.07 Å². The molecule has 0 aliphatic rings. The molecule has 1 rings (SSSR count). The van der Waals surface area contributed by atoms with E-state index in [-0.39, 0.29) is 10.0 Å². The zero-order valence-electron chi connectivity index (χ0n) is 8.08. The van der Waals surface area contributed by atoms with Gasteiger partial charge < -0.3 is 0 Å². The fourth-order valence-electron chi connectivity index (χ4n) is 1.31. The molecule has 90 valence electrons. The normalized spacial score (nSPS) is 11.0. The third-order valence-electron chi connectivity index (χ3n) is 1.91. The van der Waals surface area contributed by atoms with Crippen molar-refractivity contribution in [3.8, 4) is 6.07 Å². The van der Waals surface area contributed by atoms with E-state index in [9.17, 15) is 23.3 Å². The predicted octanol–water partition coefficient (Wildman–Crippen LogP) is 3.44. The standard InChI is InChI=1S/C9H4BrF3N2O2/c10-6-3-5(1-2-14)8(15(16)17)7(4-6)9(11,12)13/h3-4H,1H2. The number of nitro groups is 1. The maximum Gasteiger partial charge on any atom is 0.423 e. The van der Waals surface area contributed by atoms with Crippen molar-refractivity contribution in [2.45, 2.75) is 12.6 Å². The van der Waals surface area contributed by atoms with Gasteiger partial charge in [0.05, 0.1) is 17.4 Å². The van der Waals surface area contributed by atoms with Crippen molar-refractivity contribution in [1.82, 2.24) is 0 Å². The summed E-state index contributed by atoms with van der Waals surface area (Å²) in [6, 6.07) is 3.35. The van der Waals surface area contributed by atoms with Crippen LogP contribution in [0.1, 0.15) is 11.1 Å². The maximum atomic E-state index is 12.6. The van der Waals surface area contributed by atoms with Gasteiger partial charge >= 0.3 is 6.18 Å². The second-order valence-corrected chi connectivity index (χ2v) is 3.97. The summed E-state index contributed by atoms with van der Waals surface area (Å²) >= 11 is 2.83. The van der Waals surface area contributed by atoms with Crippen molar-refractivity contribution in [3.05, 3.63) is 37.8 Å². The molecule has 1 aromatic rings. The summed E-state index contributed by atoms with van der Waals surface area (Å²) < 4.78 is 37.8. The van der Waals surface area contributed by atoms with Gasteiger partial charge in [0.1, 0.15) is 5.56 Å². The van der Waals surface area contributed by atoms with E-state index in [1.807, 2.05) is 0 Å². The van der Waals surface area contributed by atoms with Crippen molar-refractivity contribution in [2.24, 2.45) is 0 Å². The van der Waals surface area contributed by atoms with Gasteiger partial charge in [0, 0.05) is 10.0 Å². The number of halogens is 4. The number of nitrogens with zero attached hydrogens (tertiary/aromatic N) is 2. The molecule has 0 atom stereocenters. The Bertz CT molecular complexity index is 508. The van der Waals surface area contributed by atoms with Crippen LogP contribution >= 0.6 is 15.9 Å². The highest BCUT2D eigenvalue weighted by Crippen LogP contribution is 2.39. The molecule has 0 N–H and O–H groups in total. The number of alkyl halides is 3. The molecule has 0 heterocycles. The van der Waals surface area contributed by atoms with E-state index >= 15 is 0 Å². The van der Waals surface area contributed by atoms with Gasteiger partial charge in [-0.25, -0.2) is 0 Å². The minimum atomic E-state index is -4.84. The van der Waals surface area contributed by atoms with Crippen molar-refractivity contribution in [3.63, 3.8) is 0 Å². The molecule has 0 unspecified atom stereocenters. The van der Waals surface area contributed by atoms with Gasteiger partial charge in [-0.15, -0.1) is 0 Å². The smallest absolute Gasteiger partial charge is 0.258 e. The number of hydrogen-bond donors (Lipinski definition) is 0. The SMILES string of the molecule is N#CCc1cc(Br)cc(C(F)(F)F)c1[N+](=O)[O-]. The first-order valence-electron chi connectivity index (χ1n) is 4.18. The van der Waals surface area contributed by atoms with Gasteiger partial charge in [-0.2, -0.15) is 18.4 Å². The molecule has 0 fully saturated rings. The van der Waals surface area contributed by atoms with Crippen molar-refractivity contribution >= 4 is 21.6 Å². The Kier molecular flexibility index (Phi) is 3.72. The van der Waals surface area contributed by atoms with Crippen LogP contribution in [0.15, 0.2) is 16.6 Å². The highest BCUT2D eigenvalue weighted by atomic mass is 79.9.